The largest absolute Gasteiger partial charge is 0.451 e. The molecule has 2 aromatic heterocycles. The molecule has 3 heterocycles. The molecule has 0 spiro atoms. The minimum absolute atomic E-state index is 0.219. The second-order valence-corrected chi connectivity index (χ2v) is 7.99. The smallest absolute Gasteiger partial charge is 0.291 e. The minimum atomic E-state index is -0.324. The van der Waals surface area contributed by atoms with Gasteiger partial charge in [-0.3, -0.25) is 4.79 Å². The van der Waals surface area contributed by atoms with Crippen molar-refractivity contribution in [2.75, 3.05) is 5.32 Å². The molecule has 0 saturated carbocycles. The van der Waals surface area contributed by atoms with Gasteiger partial charge in [-0.1, -0.05) is 42.3 Å². The summed E-state index contributed by atoms with van der Waals surface area (Å²) in [5.74, 6) is 2.32. The lowest BCUT2D eigenvalue weighted by molar-refractivity contribution is 0.0997. The van der Waals surface area contributed by atoms with Crippen LogP contribution in [0, 0.1) is 0 Å². The molecule has 0 radical (unpaired) electrons. The number of nitrogens with zero attached hydrogens (tertiary/aromatic N) is 3. The van der Waals surface area contributed by atoms with Gasteiger partial charge in [-0.15, -0.1) is 10.2 Å². The van der Waals surface area contributed by atoms with E-state index in [4.69, 9.17) is 16.0 Å². The van der Waals surface area contributed by atoms with Crippen LogP contribution in [0.25, 0.3) is 22.7 Å². The number of carbonyl (C=O) groups is 1. The van der Waals surface area contributed by atoms with Crippen molar-refractivity contribution in [3.63, 3.8) is 0 Å². The average molecular weight is 433 g/mol. The Labute approximate surface area is 184 Å². The molecule has 1 N–H and O–H groups in total. The summed E-state index contributed by atoms with van der Waals surface area (Å²) in [6, 6.07) is 18.4. The van der Waals surface area contributed by atoms with Crippen molar-refractivity contribution in [3.8, 4) is 22.7 Å². The maximum absolute atomic E-state index is 12.7. The van der Waals surface area contributed by atoms with Crippen LogP contribution in [0.1, 0.15) is 35.6 Å². The lowest BCUT2D eigenvalue weighted by Gasteiger charge is -2.09. The van der Waals surface area contributed by atoms with E-state index in [0.29, 0.717) is 16.5 Å². The third kappa shape index (κ3) is 3.99. The number of aryl methyl sites for hydroxylation is 1. The van der Waals surface area contributed by atoms with Crippen molar-refractivity contribution in [1.82, 2.24) is 14.8 Å². The molecule has 1 amide bonds. The number of rotatable bonds is 4. The highest BCUT2D eigenvalue weighted by molar-refractivity contribution is 6.33. The van der Waals surface area contributed by atoms with Crippen LogP contribution >= 0.6 is 11.6 Å². The third-order valence-corrected chi connectivity index (χ3v) is 5.79. The van der Waals surface area contributed by atoms with Gasteiger partial charge in [0.15, 0.2) is 11.6 Å². The van der Waals surface area contributed by atoms with Crippen LogP contribution in [0.3, 0.4) is 0 Å². The Hall–Kier alpha value is -3.38. The van der Waals surface area contributed by atoms with Crippen LogP contribution < -0.4 is 5.32 Å². The van der Waals surface area contributed by atoms with Crippen molar-refractivity contribution in [2.24, 2.45) is 0 Å². The van der Waals surface area contributed by atoms with Crippen molar-refractivity contribution in [2.45, 2.75) is 32.2 Å². The molecule has 1 aliphatic rings. The predicted octanol–water partition coefficient (Wildman–Crippen LogP) is 5.84. The van der Waals surface area contributed by atoms with Crippen LogP contribution in [-0.4, -0.2) is 20.7 Å². The Bertz CT molecular complexity index is 1240. The molecule has 6 nitrogen and oxygen atoms in total. The summed E-state index contributed by atoms with van der Waals surface area (Å²) < 4.78 is 7.94. The summed E-state index contributed by atoms with van der Waals surface area (Å²) in [6.45, 7) is 0.922. The highest BCUT2D eigenvalue weighted by Gasteiger charge is 2.17. The normalized spacial score (nSPS) is 13.5. The Balaban J connectivity index is 1.37. The number of fused-ring (bicyclic) bond motifs is 1. The van der Waals surface area contributed by atoms with E-state index < -0.39 is 0 Å². The summed E-state index contributed by atoms with van der Waals surface area (Å²) in [4.78, 5) is 12.7. The fraction of sp³-hybridized carbons (Fsp3) is 0.208. The lowest BCUT2D eigenvalue weighted by atomic mass is 10.2. The first-order valence-corrected chi connectivity index (χ1v) is 10.8. The first kappa shape index (κ1) is 19.6. The second kappa shape index (κ2) is 8.40. The molecule has 0 bridgehead atoms. The van der Waals surface area contributed by atoms with Crippen LogP contribution in [0.2, 0.25) is 5.02 Å². The molecule has 1 aliphatic heterocycles. The van der Waals surface area contributed by atoms with E-state index in [1.54, 1.807) is 18.2 Å². The van der Waals surface area contributed by atoms with E-state index in [0.717, 1.165) is 48.6 Å². The number of benzene rings is 2. The fourth-order valence-electron chi connectivity index (χ4n) is 3.89. The molecule has 2 aromatic carbocycles. The molecule has 0 atom stereocenters. The summed E-state index contributed by atoms with van der Waals surface area (Å²) in [6.07, 6.45) is 4.43. The van der Waals surface area contributed by atoms with Gasteiger partial charge < -0.3 is 14.3 Å². The molecule has 0 unspecified atom stereocenters. The number of carbonyl (C=O) groups excluding carboxylic acids is 1. The molecule has 31 heavy (non-hydrogen) atoms. The van der Waals surface area contributed by atoms with E-state index in [9.17, 15) is 4.79 Å². The Morgan fingerprint density at radius 1 is 1.00 bits per heavy atom. The monoisotopic (exact) mass is 432 g/mol. The van der Waals surface area contributed by atoms with Crippen LogP contribution in [0.5, 0.6) is 0 Å². The summed E-state index contributed by atoms with van der Waals surface area (Å²) >= 11 is 6.23. The molecular weight excluding hydrogens is 412 g/mol. The highest BCUT2D eigenvalue weighted by atomic mass is 35.5. The van der Waals surface area contributed by atoms with E-state index in [1.165, 1.54) is 6.42 Å². The topological polar surface area (TPSA) is 73.0 Å². The fourth-order valence-corrected chi connectivity index (χ4v) is 4.12. The van der Waals surface area contributed by atoms with Gasteiger partial charge in [0.25, 0.3) is 5.91 Å². The van der Waals surface area contributed by atoms with Crippen molar-refractivity contribution >= 4 is 23.2 Å². The lowest BCUT2D eigenvalue weighted by Crippen LogP contribution is -2.11. The van der Waals surface area contributed by atoms with Gasteiger partial charge in [0.2, 0.25) is 0 Å². The van der Waals surface area contributed by atoms with Crippen LogP contribution in [0.15, 0.2) is 65.1 Å². The second-order valence-electron chi connectivity index (χ2n) is 7.58. The van der Waals surface area contributed by atoms with Crippen molar-refractivity contribution in [1.29, 1.82) is 0 Å². The molecule has 4 aromatic rings. The van der Waals surface area contributed by atoms with E-state index in [-0.39, 0.29) is 11.7 Å². The minimum Gasteiger partial charge on any atom is -0.451 e. The number of hydrogen-bond acceptors (Lipinski definition) is 4. The van der Waals surface area contributed by atoms with Gasteiger partial charge in [-0.2, -0.15) is 0 Å². The molecule has 156 valence electrons. The molecule has 0 aliphatic carbocycles. The summed E-state index contributed by atoms with van der Waals surface area (Å²) in [5.41, 5.74) is 2.34. The van der Waals surface area contributed by atoms with E-state index >= 15 is 0 Å². The Kier molecular flexibility index (Phi) is 5.30. The third-order valence-electron chi connectivity index (χ3n) is 5.46. The number of halogens is 1. The number of nitrogens with one attached hydrogen (secondary N) is 1. The summed E-state index contributed by atoms with van der Waals surface area (Å²) in [5, 5.41) is 12.3. The average Bonchev–Trinajstić information content (AvgIpc) is 3.36. The Morgan fingerprint density at radius 3 is 2.81 bits per heavy atom. The van der Waals surface area contributed by atoms with E-state index in [2.05, 4.69) is 20.1 Å². The van der Waals surface area contributed by atoms with Crippen LogP contribution in [0.4, 0.5) is 5.69 Å². The van der Waals surface area contributed by atoms with Crippen molar-refractivity contribution < 1.29 is 9.21 Å². The maximum atomic E-state index is 12.7. The van der Waals surface area contributed by atoms with Gasteiger partial charge in [0.1, 0.15) is 11.6 Å². The number of anilines is 1. The first-order chi connectivity index (χ1) is 15.2. The summed E-state index contributed by atoms with van der Waals surface area (Å²) in [7, 11) is 0. The van der Waals surface area contributed by atoms with Gasteiger partial charge in [-0.25, -0.2) is 0 Å². The van der Waals surface area contributed by atoms with Crippen molar-refractivity contribution in [3.05, 3.63) is 77.3 Å². The number of furan rings is 1. The number of aromatic nitrogens is 3. The van der Waals surface area contributed by atoms with Gasteiger partial charge >= 0.3 is 0 Å². The van der Waals surface area contributed by atoms with Gasteiger partial charge in [-0.05, 0) is 49.2 Å². The first-order valence-electron chi connectivity index (χ1n) is 10.4. The zero-order valence-electron chi connectivity index (χ0n) is 16.8. The van der Waals surface area contributed by atoms with E-state index in [1.807, 2.05) is 42.5 Å². The molecule has 0 saturated heterocycles. The van der Waals surface area contributed by atoms with Gasteiger partial charge in [0, 0.05) is 29.8 Å². The molecular formula is C24H21ClN4O2. The standard InChI is InChI=1S/C24H21ClN4O2/c25-19-10-4-3-9-18(19)20-12-13-21(31-20)24(30)26-17-8-6-7-16(15-17)23-28-27-22-11-2-1-5-14-29(22)23/h3-4,6-10,12-13,15H,1-2,5,11,14H2,(H,26,30). The quantitative estimate of drug-likeness (QED) is 0.439. The molecule has 7 heteroatoms. The number of amides is 1. The maximum Gasteiger partial charge on any atom is 0.291 e. The Morgan fingerprint density at radius 2 is 1.90 bits per heavy atom. The SMILES string of the molecule is O=C(Nc1cccc(-c2nnc3n2CCCCC3)c1)c1ccc(-c2ccccc2Cl)o1. The highest BCUT2D eigenvalue weighted by Crippen LogP contribution is 2.30. The van der Waals surface area contributed by atoms with Crippen LogP contribution in [-0.2, 0) is 13.0 Å². The zero-order chi connectivity index (χ0) is 21.2. The molecule has 5 rings (SSSR count). The molecule has 0 fully saturated rings. The predicted molar refractivity (Wildman–Crippen MR) is 120 cm³/mol. The zero-order valence-corrected chi connectivity index (χ0v) is 17.6. The van der Waals surface area contributed by atoms with Gasteiger partial charge in [0.05, 0.1) is 5.02 Å². The number of hydrogen-bond donors (Lipinski definition) is 1.